The Kier molecular flexibility index (Phi) is 5.50. The average Bonchev–Trinajstić information content (AvgIpc) is 2.45. The van der Waals surface area contributed by atoms with Crippen LogP contribution >= 0.6 is 0 Å². The minimum absolute atomic E-state index is 0.0190. The second kappa shape index (κ2) is 7.36. The van der Waals surface area contributed by atoms with Gasteiger partial charge >= 0.3 is 6.61 Å². The van der Waals surface area contributed by atoms with E-state index in [0.29, 0.717) is 12.5 Å². The van der Waals surface area contributed by atoms with E-state index < -0.39 is 6.61 Å². The van der Waals surface area contributed by atoms with Crippen molar-refractivity contribution in [1.29, 1.82) is 0 Å². The van der Waals surface area contributed by atoms with Crippen molar-refractivity contribution in [3.63, 3.8) is 0 Å². The monoisotopic (exact) mass is 298 g/mol. The van der Waals surface area contributed by atoms with E-state index in [-0.39, 0.29) is 17.7 Å². The third-order valence-corrected chi connectivity index (χ3v) is 3.60. The molecule has 2 rings (SSSR count). The van der Waals surface area contributed by atoms with E-state index in [1.807, 2.05) is 0 Å². The van der Waals surface area contributed by atoms with Crippen molar-refractivity contribution in [2.45, 2.75) is 39.0 Å². The largest absolute Gasteiger partial charge is 0.435 e. The molecule has 1 aromatic carbocycles. The summed E-state index contributed by atoms with van der Waals surface area (Å²) in [6, 6.07) is 6.11. The lowest BCUT2D eigenvalue weighted by Crippen LogP contribution is -2.48. The average molecular weight is 298 g/mol. The number of carbonyl (C=O) groups excluding carboxylic acids is 1. The molecule has 2 atom stereocenters. The summed E-state index contributed by atoms with van der Waals surface area (Å²) in [4.78, 5) is 12.0. The lowest BCUT2D eigenvalue weighted by molar-refractivity contribution is -0.124. The zero-order valence-corrected chi connectivity index (χ0v) is 11.9. The first kappa shape index (κ1) is 15.7. The Labute approximate surface area is 122 Å². The van der Waals surface area contributed by atoms with Crippen LogP contribution in [0.15, 0.2) is 24.3 Å². The summed E-state index contributed by atoms with van der Waals surface area (Å²) < 4.78 is 28.3. The number of hydrogen-bond donors (Lipinski definition) is 2. The third-order valence-electron chi connectivity index (χ3n) is 3.60. The van der Waals surface area contributed by atoms with Gasteiger partial charge in [-0.15, -0.1) is 0 Å². The molecule has 1 aromatic rings. The van der Waals surface area contributed by atoms with E-state index in [4.69, 9.17) is 0 Å². The minimum atomic E-state index is -2.82. The van der Waals surface area contributed by atoms with Gasteiger partial charge in [0.15, 0.2) is 0 Å². The summed E-state index contributed by atoms with van der Waals surface area (Å²) in [5.41, 5.74) is 0.842. The van der Waals surface area contributed by atoms with Crippen molar-refractivity contribution < 1.29 is 18.3 Å². The Morgan fingerprint density at radius 2 is 2.14 bits per heavy atom. The number of piperidine rings is 1. The highest BCUT2D eigenvalue weighted by molar-refractivity contribution is 5.81. The zero-order chi connectivity index (χ0) is 15.2. The number of carbonyl (C=O) groups is 1. The van der Waals surface area contributed by atoms with Crippen molar-refractivity contribution in [3.8, 4) is 5.75 Å². The van der Waals surface area contributed by atoms with Crippen molar-refractivity contribution in [3.05, 3.63) is 29.8 Å². The van der Waals surface area contributed by atoms with Crippen molar-refractivity contribution in [2.24, 2.45) is 5.92 Å². The molecule has 0 bridgehead atoms. The summed E-state index contributed by atoms with van der Waals surface area (Å²) in [7, 11) is 0. The van der Waals surface area contributed by atoms with Gasteiger partial charge in [0.2, 0.25) is 5.91 Å². The SMILES string of the molecule is CC1CCNC(C(=O)NCc2ccc(OC(F)F)cc2)C1. The lowest BCUT2D eigenvalue weighted by Gasteiger charge is -2.27. The third kappa shape index (κ3) is 4.97. The summed E-state index contributed by atoms with van der Waals surface area (Å²) in [6.07, 6.45) is 1.93. The summed E-state index contributed by atoms with van der Waals surface area (Å²) in [6.45, 7) is 0.553. The van der Waals surface area contributed by atoms with Gasteiger partial charge in [0.05, 0.1) is 6.04 Å². The molecule has 21 heavy (non-hydrogen) atoms. The molecule has 0 spiro atoms. The van der Waals surface area contributed by atoms with Gasteiger partial charge in [-0.3, -0.25) is 4.79 Å². The van der Waals surface area contributed by atoms with Gasteiger partial charge in [0.25, 0.3) is 0 Å². The van der Waals surface area contributed by atoms with Crippen molar-refractivity contribution in [2.75, 3.05) is 6.54 Å². The molecule has 1 fully saturated rings. The Hall–Kier alpha value is -1.69. The number of halogens is 2. The fourth-order valence-corrected chi connectivity index (χ4v) is 2.41. The molecule has 1 aliphatic rings. The van der Waals surface area contributed by atoms with Gasteiger partial charge in [-0.1, -0.05) is 19.1 Å². The van der Waals surface area contributed by atoms with E-state index in [2.05, 4.69) is 22.3 Å². The molecule has 4 nitrogen and oxygen atoms in total. The predicted octanol–water partition coefficient (Wildman–Crippen LogP) is 2.29. The van der Waals surface area contributed by atoms with Crippen LogP contribution < -0.4 is 15.4 Å². The van der Waals surface area contributed by atoms with Crippen LogP contribution in [0, 0.1) is 5.92 Å². The van der Waals surface area contributed by atoms with Gasteiger partial charge in [0, 0.05) is 6.54 Å². The maximum Gasteiger partial charge on any atom is 0.387 e. The van der Waals surface area contributed by atoms with Crippen LogP contribution in [-0.4, -0.2) is 25.1 Å². The Morgan fingerprint density at radius 1 is 1.43 bits per heavy atom. The zero-order valence-electron chi connectivity index (χ0n) is 11.9. The van der Waals surface area contributed by atoms with Crippen LogP contribution in [0.25, 0.3) is 0 Å². The topological polar surface area (TPSA) is 50.4 Å². The van der Waals surface area contributed by atoms with Gasteiger partial charge in [-0.05, 0) is 43.0 Å². The quantitative estimate of drug-likeness (QED) is 0.877. The fourth-order valence-electron chi connectivity index (χ4n) is 2.41. The molecule has 6 heteroatoms. The second-order valence-corrected chi connectivity index (χ2v) is 5.38. The van der Waals surface area contributed by atoms with E-state index in [9.17, 15) is 13.6 Å². The molecule has 0 aliphatic carbocycles. The highest BCUT2D eigenvalue weighted by atomic mass is 19.3. The van der Waals surface area contributed by atoms with Crippen LogP contribution in [0.3, 0.4) is 0 Å². The Morgan fingerprint density at radius 3 is 2.76 bits per heavy atom. The van der Waals surface area contributed by atoms with E-state index >= 15 is 0 Å². The Bertz CT molecular complexity index is 465. The van der Waals surface area contributed by atoms with E-state index in [1.165, 1.54) is 12.1 Å². The standard InChI is InChI=1S/C15H20F2N2O2/c1-10-6-7-18-13(8-10)14(20)19-9-11-2-4-12(5-3-11)21-15(16)17/h2-5,10,13,15,18H,6-9H2,1H3,(H,19,20). The van der Waals surface area contributed by atoms with Gasteiger partial charge in [-0.2, -0.15) is 8.78 Å². The Balaban J connectivity index is 1.80. The van der Waals surface area contributed by atoms with Crippen LogP contribution in [0.4, 0.5) is 8.78 Å². The minimum Gasteiger partial charge on any atom is -0.435 e. The number of rotatable bonds is 5. The van der Waals surface area contributed by atoms with Gasteiger partial charge in [-0.25, -0.2) is 0 Å². The van der Waals surface area contributed by atoms with Gasteiger partial charge < -0.3 is 15.4 Å². The first-order chi connectivity index (χ1) is 10.0. The second-order valence-electron chi connectivity index (χ2n) is 5.38. The number of benzene rings is 1. The molecule has 116 valence electrons. The predicted molar refractivity (Wildman–Crippen MR) is 75.1 cm³/mol. The number of hydrogen-bond acceptors (Lipinski definition) is 3. The maximum atomic E-state index is 12.0. The number of amides is 1. The normalized spacial score (nSPS) is 22.1. The fraction of sp³-hybridized carbons (Fsp3) is 0.533. The van der Waals surface area contributed by atoms with Crippen LogP contribution in [0.2, 0.25) is 0 Å². The molecule has 2 N–H and O–H groups in total. The molecule has 1 amide bonds. The molecule has 2 unspecified atom stereocenters. The first-order valence-corrected chi connectivity index (χ1v) is 7.09. The van der Waals surface area contributed by atoms with E-state index in [0.717, 1.165) is 24.9 Å². The molecular formula is C15H20F2N2O2. The summed E-state index contributed by atoms with van der Waals surface area (Å²) in [5, 5.41) is 6.06. The molecule has 1 heterocycles. The molecule has 1 saturated heterocycles. The summed E-state index contributed by atoms with van der Waals surface area (Å²) >= 11 is 0. The van der Waals surface area contributed by atoms with Crippen LogP contribution in [0.1, 0.15) is 25.3 Å². The molecule has 0 aromatic heterocycles. The smallest absolute Gasteiger partial charge is 0.387 e. The molecule has 0 saturated carbocycles. The number of nitrogens with one attached hydrogen (secondary N) is 2. The highest BCUT2D eigenvalue weighted by Crippen LogP contribution is 2.16. The number of ether oxygens (including phenoxy) is 1. The first-order valence-electron chi connectivity index (χ1n) is 7.09. The van der Waals surface area contributed by atoms with Crippen LogP contribution in [-0.2, 0) is 11.3 Å². The van der Waals surface area contributed by atoms with Gasteiger partial charge in [0.1, 0.15) is 5.75 Å². The number of alkyl halides is 2. The van der Waals surface area contributed by atoms with Crippen LogP contribution in [0.5, 0.6) is 5.75 Å². The van der Waals surface area contributed by atoms with E-state index in [1.54, 1.807) is 12.1 Å². The maximum absolute atomic E-state index is 12.0. The lowest BCUT2D eigenvalue weighted by atomic mass is 9.94. The molecule has 0 radical (unpaired) electrons. The van der Waals surface area contributed by atoms with Crippen molar-refractivity contribution >= 4 is 5.91 Å². The van der Waals surface area contributed by atoms with Crippen molar-refractivity contribution in [1.82, 2.24) is 10.6 Å². The highest BCUT2D eigenvalue weighted by Gasteiger charge is 2.24. The molecular weight excluding hydrogens is 278 g/mol. The molecule has 1 aliphatic heterocycles. The summed E-state index contributed by atoms with van der Waals surface area (Å²) in [5.74, 6) is 0.644.